The summed E-state index contributed by atoms with van der Waals surface area (Å²) in [7, 11) is 0. The molecule has 0 unspecified atom stereocenters. The largest absolute Gasteiger partial charge is 0.491 e. The average Bonchev–Trinajstić information content (AvgIpc) is 3.08. The molecular formula is C17H14FN5O2. The van der Waals surface area contributed by atoms with Gasteiger partial charge in [-0.2, -0.15) is 5.10 Å². The number of fused-ring (bicyclic) bond motifs is 1. The highest BCUT2D eigenvalue weighted by Crippen LogP contribution is 2.26. The van der Waals surface area contributed by atoms with Gasteiger partial charge in [-0.05, 0) is 24.3 Å². The molecule has 1 aliphatic rings. The fourth-order valence-corrected chi connectivity index (χ4v) is 2.69. The third kappa shape index (κ3) is 2.93. The Hall–Kier alpha value is -3.29. The fourth-order valence-electron chi connectivity index (χ4n) is 2.69. The molecule has 3 heterocycles. The molecule has 4 rings (SSSR count). The van der Waals surface area contributed by atoms with Gasteiger partial charge in [0, 0.05) is 11.8 Å². The van der Waals surface area contributed by atoms with E-state index in [0.29, 0.717) is 35.8 Å². The summed E-state index contributed by atoms with van der Waals surface area (Å²) in [5, 5.41) is 3.99. The van der Waals surface area contributed by atoms with E-state index in [9.17, 15) is 9.18 Å². The molecular weight excluding hydrogens is 325 g/mol. The summed E-state index contributed by atoms with van der Waals surface area (Å²) in [4.78, 5) is 22.4. The van der Waals surface area contributed by atoms with Gasteiger partial charge in [0.1, 0.15) is 30.8 Å². The molecule has 8 heteroatoms. The van der Waals surface area contributed by atoms with Gasteiger partial charge in [0.15, 0.2) is 5.82 Å². The number of halogens is 1. The van der Waals surface area contributed by atoms with Crippen LogP contribution < -0.4 is 4.74 Å². The molecule has 1 aromatic carbocycles. The van der Waals surface area contributed by atoms with Crippen LogP contribution in [0.5, 0.6) is 5.75 Å². The zero-order chi connectivity index (χ0) is 17.2. The molecule has 0 bridgehead atoms. The second-order valence-electron chi connectivity index (χ2n) is 5.54. The second-order valence-corrected chi connectivity index (χ2v) is 5.54. The molecule has 0 saturated heterocycles. The van der Waals surface area contributed by atoms with Gasteiger partial charge in [-0.3, -0.25) is 4.79 Å². The molecule has 0 atom stereocenters. The lowest BCUT2D eigenvalue weighted by atomic mass is 10.1. The molecule has 0 fully saturated rings. The Labute approximate surface area is 142 Å². The number of ether oxygens (including phenoxy) is 1. The quantitative estimate of drug-likeness (QED) is 0.712. The van der Waals surface area contributed by atoms with E-state index >= 15 is 0 Å². The van der Waals surface area contributed by atoms with Crippen LogP contribution in [0.25, 0.3) is 5.82 Å². The average molecular weight is 339 g/mol. The molecule has 2 aromatic heterocycles. The number of nitrogens with zero attached hydrogens (tertiary/aromatic N) is 5. The Balaban J connectivity index is 1.57. The summed E-state index contributed by atoms with van der Waals surface area (Å²) in [6.07, 6.45) is 4.41. The molecule has 25 heavy (non-hydrogen) atoms. The zero-order valence-electron chi connectivity index (χ0n) is 13.2. The molecule has 1 amide bonds. The predicted octanol–water partition coefficient (Wildman–Crippen LogP) is 1.84. The number of carbonyl (C=O) groups is 1. The van der Waals surface area contributed by atoms with Crippen LogP contribution in [0.3, 0.4) is 0 Å². The third-order valence-corrected chi connectivity index (χ3v) is 3.98. The van der Waals surface area contributed by atoms with Crippen LogP contribution in [-0.2, 0) is 6.54 Å². The lowest BCUT2D eigenvalue weighted by molar-refractivity contribution is 0.0732. The number of aromatic nitrogens is 4. The van der Waals surface area contributed by atoms with Crippen molar-refractivity contribution in [1.29, 1.82) is 0 Å². The Morgan fingerprint density at radius 3 is 2.92 bits per heavy atom. The second kappa shape index (κ2) is 6.31. The first-order valence-electron chi connectivity index (χ1n) is 7.73. The molecule has 0 N–H and O–H groups in total. The molecule has 7 nitrogen and oxygen atoms in total. The van der Waals surface area contributed by atoms with Crippen molar-refractivity contribution in [2.24, 2.45) is 0 Å². The third-order valence-electron chi connectivity index (χ3n) is 3.98. The molecule has 0 saturated carbocycles. The maximum Gasteiger partial charge on any atom is 0.255 e. The minimum atomic E-state index is -0.378. The maximum atomic E-state index is 14.1. The Morgan fingerprint density at radius 1 is 1.24 bits per heavy atom. The van der Waals surface area contributed by atoms with Crippen molar-refractivity contribution < 1.29 is 13.9 Å². The van der Waals surface area contributed by atoms with Gasteiger partial charge in [-0.25, -0.2) is 19.0 Å². The van der Waals surface area contributed by atoms with Crippen molar-refractivity contribution in [3.05, 3.63) is 66.1 Å². The van der Waals surface area contributed by atoms with E-state index in [1.165, 1.54) is 29.6 Å². The van der Waals surface area contributed by atoms with Crippen LogP contribution in [0.15, 0.2) is 49.2 Å². The molecule has 0 aliphatic carbocycles. The van der Waals surface area contributed by atoms with Crippen LogP contribution in [-0.4, -0.2) is 43.7 Å². The van der Waals surface area contributed by atoms with Gasteiger partial charge < -0.3 is 9.64 Å². The van der Waals surface area contributed by atoms with Crippen molar-refractivity contribution >= 4 is 5.91 Å². The number of benzene rings is 1. The van der Waals surface area contributed by atoms with E-state index in [-0.39, 0.29) is 18.3 Å². The van der Waals surface area contributed by atoms with Crippen LogP contribution in [0.4, 0.5) is 4.39 Å². The van der Waals surface area contributed by atoms with Gasteiger partial charge in [0.05, 0.1) is 18.7 Å². The summed E-state index contributed by atoms with van der Waals surface area (Å²) < 4.78 is 21.1. The van der Waals surface area contributed by atoms with Crippen molar-refractivity contribution in [2.45, 2.75) is 6.54 Å². The minimum absolute atomic E-state index is 0.158. The number of amides is 1. The van der Waals surface area contributed by atoms with Gasteiger partial charge in [0.2, 0.25) is 0 Å². The van der Waals surface area contributed by atoms with E-state index in [1.807, 2.05) is 0 Å². The van der Waals surface area contributed by atoms with Crippen LogP contribution in [0.1, 0.15) is 15.9 Å². The Morgan fingerprint density at radius 2 is 2.16 bits per heavy atom. The minimum Gasteiger partial charge on any atom is -0.491 e. The van der Waals surface area contributed by atoms with Crippen LogP contribution >= 0.6 is 0 Å². The van der Waals surface area contributed by atoms with Crippen LogP contribution in [0, 0.1) is 5.82 Å². The summed E-state index contributed by atoms with van der Waals surface area (Å²) in [5.41, 5.74) is 0.809. The highest BCUT2D eigenvalue weighted by atomic mass is 19.1. The summed E-state index contributed by atoms with van der Waals surface area (Å²) in [6, 6.07) is 8.02. The molecule has 1 aliphatic heterocycles. The maximum absolute atomic E-state index is 14.1. The summed E-state index contributed by atoms with van der Waals surface area (Å²) in [6.45, 7) is 0.843. The standard InChI is InChI=1S/C17H14FN5O2/c18-14-2-1-3-15-13(14)9-22(6-7-25-15)17(24)12-4-5-16(20-8-12)23-11-19-10-21-23/h1-5,8,10-11H,6-7,9H2. The number of hydrogen-bond acceptors (Lipinski definition) is 5. The van der Waals surface area contributed by atoms with E-state index in [0.717, 1.165) is 0 Å². The topological polar surface area (TPSA) is 73.1 Å². The normalized spacial score (nSPS) is 13.7. The van der Waals surface area contributed by atoms with E-state index < -0.39 is 0 Å². The monoisotopic (exact) mass is 339 g/mol. The molecule has 3 aromatic rings. The lowest BCUT2D eigenvalue weighted by Crippen LogP contribution is -2.32. The Kier molecular flexibility index (Phi) is 3.85. The van der Waals surface area contributed by atoms with Gasteiger partial charge in [-0.15, -0.1) is 0 Å². The first kappa shape index (κ1) is 15.3. The molecule has 126 valence electrons. The summed E-state index contributed by atoms with van der Waals surface area (Å²) >= 11 is 0. The zero-order valence-corrected chi connectivity index (χ0v) is 13.2. The number of rotatable bonds is 2. The van der Waals surface area contributed by atoms with Crippen molar-refractivity contribution in [3.8, 4) is 11.6 Å². The summed E-state index contributed by atoms with van der Waals surface area (Å²) in [5.74, 6) is 0.439. The van der Waals surface area contributed by atoms with Crippen molar-refractivity contribution in [1.82, 2.24) is 24.6 Å². The predicted molar refractivity (Wildman–Crippen MR) is 85.8 cm³/mol. The number of carbonyl (C=O) groups excluding carboxylic acids is 1. The molecule has 0 radical (unpaired) electrons. The first-order chi connectivity index (χ1) is 12.2. The number of pyridine rings is 1. The van der Waals surface area contributed by atoms with Crippen molar-refractivity contribution in [3.63, 3.8) is 0 Å². The number of hydrogen-bond donors (Lipinski definition) is 0. The Bertz CT molecular complexity index is 896. The highest BCUT2D eigenvalue weighted by molar-refractivity contribution is 5.94. The van der Waals surface area contributed by atoms with Crippen LogP contribution in [0.2, 0.25) is 0 Å². The smallest absolute Gasteiger partial charge is 0.255 e. The van der Waals surface area contributed by atoms with E-state index in [1.54, 1.807) is 29.2 Å². The van der Waals surface area contributed by atoms with E-state index in [4.69, 9.17) is 4.74 Å². The van der Waals surface area contributed by atoms with Gasteiger partial charge >= 0.3 is 0 Å². The fraction of sp³-hybridized carbons (Fsp3) is 0.176. The van der Waals surface area contributed by atoms with Gasteiger partial charge in [0.25, 0.3) is 5.91 Å². The van der Waals surface area contributed by atoms with Crippen molar-refractivity contribution in [2.75, 3.05) is 13.2 Å². The molecule has 0 spiro atoms. The first-order valence-corrected chi connectivity index (χ1v) is 7.73. The van der Waals surface area contributed by atoms with Gasteiger partial charge in [-0.1, -0.05) is 6.07 Å². The SMILES string of the molecule is O=C(c1ccc(-n2cncn2)nc1)N1CCOc2cccc(F)c2C1. The lowest BCUT2D eigenvalue weighted by Gasteiger charge is -2.20. The van der Waals surface area contributed by atoms with E-state index in [2.05, 4.69) is 15.1 Å². The highest BCUT2D eigenvalue weighted by Gasteiger charge is 2.23.